The predicted octanol–water partition coefficient (Wildman–Crippen LogP) is 4.08. The van der Waals surface area contributed by atoms with Gasteiger partial charge in [0.15, 0.2) is 0 Å². The third-order valence-electron chi connectivity index (χ3n) is 4.07. The molecule has 3 rings (SSSR count). The van der Waals surface area contributed by atoms with E-state index in [0.717, 1.165) is 0 Å². The van der Waals surface area contributed by atoms with Gasteiger partial charge in [-0.1, -0.05) is 18.2 Å². The van der Waals surface area contributed by atoms with Crippen molar-refractivity contribution < 1.29 is 14.8 Å². The van der Waals surface area contributed by atoms with Crippen molar-refractivity contribution in [2.24, 2.45) is 0 Å². The van der Waals surface area contributed by atoms with Crippen molar-refractivity contribution in [2.75, 3.05) is 11.9 Å². The molecule has 1 aromatic heterocycles. The van der Waals surface area contributed by atoms with Gasteiger partial charge in [0.2, 0.25) is 0 Å². The summed E-state index contributed by atoms with van der Waals surface area (Å²) < 4.78 is 5.64. The molecular formula is C20H21N3O4. The third kappa shape index (κ3) is 4.32. The van der Waals surface area contributed by atoms with Gasteiger partial charge in [0, 0.05) is 24.3 Å². The molecule has 27 heavy (non-hydrogen) atoms. The topological polar surface area (TPSA) is 97.5 Å². The van der Waals surface area contributed by atoms with Crippen LogP contribution in [0.4, 0.5) is 11.4 Å². The first-order valence-corrected chi connectivity index (χ1v) is 8.65. The minimum atomic E-state index is -0.839. The summed E-state index contributed by atoms with van der Waals surface area (Å²) in [6.07, 6.45) is 2.30. The van der Waals surface area contributed by atoms with E-state index >= 15 is 0 Å². The number of rotatable bonds is 7. The highest BCUT2D eigenvalue weighted by Crippen LogP contribution is 2.33. The zero-order valence-electron chi connectivity index (χ0n) is 15.1. The van der Waals surface area contributed by atoms with E-state index in [0.29, 0.717) is 27.8 Å². The average molecular weight is 367 g/mol. The Bertz CT molecular complexity index is 959. The van der Waals surface area contributed by atoms with E-state index in [9.17, 15) is 15.2 Å². The number of aromatic nitrogens is 1. The minimum Gasteiger partial charge on any atom is -0.491 e. The zero-order chi connectivity index (χ0) is 19.4. The number of hydrogen-bond donors (Lipinski definition) is 2. The van der Waals surface area contributed by atoms with E-state index in [4.69, 9.17) is 4.74 Å². The van der Waals surface area contributed by atoms with Crippen molar-refractivity contribution in [2.45, 2.75) is 26.1 Å². The standard InChI is InChI=1S/C20H21N3O4/c1-13(2)27-16-5-3-4-14(10-16)19(24)12-22-18-7-6-15-11-21-9-8-17(15)20(18)23(25)26/h3-11,13,19,22,24H,12H2,1-2H3. The molecule has 3 aromatic rings. The molecule has 140 valence electrons. The van der Waals surface area contributed by atoms with Crippen LogP contribution in [0.25, 0.3) is 10.8 Å². The number of nitro benzene ring substituents is 1. The van der Waals surface area contributed by atoms with E-state index in [1.807, 2.05) is 26.0 Å². The maximum Gasteiger partial charge on any atom is 0.300 e. The Kier molecular flexibility index (Phi) is 5.52. The van der Waals surface area contributed by atoms with Crippen LogP contribution in [0.15, 0.2) is 54.9 Å². The Labute approximate surface area is 156 Å². The number of nitro groups is 1. The number of aliphatic hydroxyl groups is 1. The number of ether oxygens (including phenoxy) is 1. The molecule has 0 spiro atoms. The predicted molar refractivity (Wildman–Crippen MR) is 104 cm³/mol. The third-order valence-corrected chi connectivity index (χ3v) is 4.07. The van der Waals surface area contributed by atoms with Gasteiger partial charge in [-0.3, -0.25) is 15.1 Å². The number of benzene rings is 2. The van der Waals surface area contributed by atoms with Gasteiger partial charge in [-0.2, -0.15) is 0 Å². The van der Waals surface area contributed by atoms with Crippen molar-refractivity contribution in [3.8, 4) is 5.75 Å². The van der Waals surface area contributed by atoms with Crippen LogP contribution in [-0.2, 0) is 0 Å². The van der Waals surface area contributed by atoms with Gasteiger partial charge in [0.1, 0.15) is 11.4 Å². The summed E-state index contributed by atoms with van der Waals surface area (Å²) in [7, 11) is 0. The van der Waals surface area contributed by atoms with Crippen LogP contribution in [0.5, 0.6) is 5.75 Å². The molecule has 1 unspecified atom stereocenters. The molecule has 0 radical (unpaired) electrons. The monoisotopic (exact) mass is 367 g/mol. The first-order chi connectivity index (χ1) is 13.0. The lowest BCUT2D eigenvalue weighted by molar-refractivity contribution is -0.382. The molecule has 0 aliphatic rings. The van der Waals surface area contributed by atoms with Crippen LogP contribution < -0.4 is 10.1 Å². The molecule has 2 N–H and O–H groups in total. The molecule has 1 atom stereocenters. The Morgan fingerprint density at radius 2 is 2.07 bits per heavy atom. The summed E-state index contributed by atoms with van der Waals surface area (Å²) in [4.78, 5) is 15.1. The summed E-state index contributed by atoms with van der Waals surface area (Å²) in [5.74, 6) is 0.672. The molecule has 1 heterocycles. The van der Waals surface area contributed by atoms with Gasteiger partial charge in [-0.25, -0.2) is 0 Å². The summed E-state index contributed by atoms with van der Waals surface area (Å²) in [6, 6.07) is 12.2. The largest absolute Gasteiger partial charge is 0.491 e. The first-order valence-electron chi connectivity index (χ1n) is 8.65. The number of aliphatic hydroxyl groups excluding tert-OH is 1. The van der Waals surface area contributed by atoms with Gasteiger partial charge < -0.3 is 15.2 Å². The van der Waals surface area contributed by atoms with Gasteiger partial charge in [-0.15, -0.1) is 0 Å². The second-order valence-electron chi connectivity index (χ2n) is 6.45. The molecule has 7 heteroatoms. The average Bonchev–Trinajstić information content (AvgIpc) is 2.65. The van der Waals surface area contributed by atoms with Crippen LogP contribution >= 0.6 is 0 Å². The number of pyridine rings is 1. The van der Waals surface area contributed by atoms with Gasteiger partial charge in [-0.05, 0) is 43.7 Å². The summed E-state index contributed by atoms with van der Waals surface area (Å²) in [6.45, 7) is 3.99. The van der Waals surface area contributed by atoms with E-state index in [2.05, 4.69) is 10.3 Å². The second-order valence-corrected chi connectivity index (χ2v) is 6.45. The smallest absolute Gasteiger partial charge is 0.300 e. The molecule has 0 fully saturated rings. The summed E-state index contributed by atoms with van der Waals surface area (Å²) in [5.41, 5.74) is 1.000. The van der Waals surface area contributed by atoms with Crippen LogP contribution in [0.3, 0.4) is 0 Å². The van der Waals surface area contributed by atoms with Crippen molar-refractivity contribution in [1.29, 1.82) is 0 Å². The van der Waals surface area contributed by atoms with Crippen LogP contribution in [-0.4, -0.2) is 27.7 Å². The molecule has 0 amide bonds. The number of nitrogens with zero attached hydrogens (tertiary/aromatic N) is 2. The molecule has 0 saturated carbocycles. The zero-order valence-corrected chi connectivity index (χ0v) is 15.1. The van der Waals surface area contributed by atoms with Crippen LogP contribution in [0.1, 0.15) is 25.5 Å². The lowest BCUT2D eigenvalue weighted by Crippen LogP contribution is -2.13. The van der Waals surface area contributed by atoms with Crippen LogP contribution in [0.2, 0.25) is 0 Å². The van der Waals surface area contributed by atoms with E-state index in [1.165, 1.54) is 6.20 Å². The highest BCUT2D eigenvalue weighted by atomic mass is 16.6. The lowest BCUT2D eigenvalue weighted by atomic mass is 10.1. The summed E-state index contributed by atoms with van der Waals surface area (Å²) >= 11 is 0. The first kappa shape index (κ1) is 18.6. The minimum absolute atomic E-state index is 0.0287. The fourth-order valence-electron chi connectivity index (χ4n) is 2.88. The number of anilines is 1. The molecule has 2 aromatic carbocycles. The van der Waals surface area contributed by atoms with Gasteiger partial charge >= 0.3 is 0 Å². The Hall–Kier alpha value is -3.19. The van der Waals surface area contributed by atoms with Crippen molar-refractivity contribution >= 4 is 22.1 Å². The highest BCUT2D eigenvalue weighted by Gasteiger charge is 2.19. The number of hydrogen-bond acceptors (Lipinski definition) is 6. The van der Waals surface area contributed by atoms with E-state index < -0.39 is 11.0 Å². The normalized spacial score (nSPS) is 12.1. The highest BCUT2D eigenvalue weighted by molar-refractivity contribution is 5.95. The Morgan fingerprint density at radius 3 is 2.81 bits per heavy atom. The van der Waals surface area contributed by atoms with Gasteiger partial charge in [0.05, 0.1) is 22.5 Å². The number of fused-ring (bicyclic) bond motifs is 1. The van der Waals surface area contributed by atoms with Gasteiger partial charge in [0.25, 0.3) is 5.69 Å². The fraction of sp³-hybridized carbons (Fsp3) is 0.250. The second kappa shape index (κ2) is 8.01. The number of nitrogens with one attached hydrogen (secondary N) is 1. The van der Waals surface area contributed by atoms with Crippen molar-refractivity contribution in [3.05, 3.63) is 70.5 Å². The maximum atomic E-state index is 11.6. The maximum absolute atomic E-state index is 11.6. The summed E-state index contributed by atoms with van der Waals surface area (Å²) in [5, 5.41) is 26.2. The van der Waals surface area contributed by atoms with E-state index in [-0.39, 0.29) is 18.3 Å². The molecule has 7 nitrogen and oxygen atoms in total. The van der Waals surface area contributed by atoms with Crippen molar-refractivity contribution in [3.63, 3.8) is 0 Å². The van der Waals surface area contributed by atoms with Crippen molar-refractivity contribution in [1.82, 2.24) is 4.98 Å². The molecule has 0 aliphatic heterocycles. The molecule has 0 bridgehead atoms. The molecule has 0 aliphatic carbocycles. The quantitative estimate of drug-likeness (QED) is 0.482. The lowest BCUT2D eigenvalue weighted by Gasteiger charge is -2.16. The molecular weight excluding hydrogens is 346 g/mol. The Morgan fingerprint density at radius 1 is 1.26 bits per heavy atom. The molecule has 0 saturated heterocycles. The van der Waals surface area contributed by atoms with E-state index in [1.54, 1.807) is 36.5 Å². The Balaban J connectivity index is 1.80. The SMILES string of the molecule is CC(C)Oc1cccc(C(O)CNc2ccc3cnccc3c2[N+](=O)[O-])c1. The van der Waals surface area contributed by atoms with Crippen LogP contribution in [0, 0.1) is 10.1 Å². The fourth-order valence-corrected chi connectivity index (χ4v) is 2.88.